The Morgan fingerprint density at radius 2 is 1.73 bits per heavy atom. The van der Waals surface area contributed by atoms with Crippen LogP contribution in [0, 0.1) is 0 Å². The van der Waals surface area contributed by atoms with Crippen LogP contribution in [0.1, 0.15) is 12.8 Å². The summed E-state index contributed by atoms with van der Waals surface area (Å²) >= 11 is 0. The van der Waals surface area contributed by atoms with Gasteiger partial charge in [0.1, 0.15) is 0 Å². The molecule has 1 heterocycles. The Bertz CT molecular complexity index is 625. The summed E-state index contributed by atoms with van der Waals surface area (Å²) in [6, 6.07) is 18.1. The van der Waals surface area contributed by atoms with Gasteiger partial charge in [-0.25, -0.2) is 4.79 Å². The quantitative estimate of drug-likeness (QED) is 0.893. The topological polar surface area (TPSA) is 58.4 Å². The zero-order valence-electron chi connectivity index (χ0n) is 12.5. The minimum Gasteiger partial charge on any atom is -0.326 e. The number of rotatable bonds is 2. The number of hydrogen-bond donors (Lipinski definition) is 2. The zero-order valence-corrected chi connectivity index (χ0v) is 12.5. The predicted octanol–water partition coefficient (Wildman–Crippen LogP) is 3.31. The molecule has 3 rings (SSSR count). The molecule has 0 spiro atoms. The molecule has 1 atom stereocenters. The third kappa shape index (κ3) is 3.46. The molecule has 22 heavy (non-hydrogen) atoms. The van der Waals surface area contributed by atoms with E-state index in [9.17, 15) is 4.79 Å². The molecule has 2 amide bonds. The highest BCUT2D eigenvalue weighted by molar-refractivity contribution is 5.89. The lowest BCUT2D eigenvalue weighted by Crippen LogP contribution is -2.47. The van der Waals surface area contributed by atoms with Crippen molar-refractivity contribution < 1.29 is 4.79 Å². The van der Waals surface area contributed by atoms with E-state index in [0.29, 0.717) is 6.54 Å². The van der Waals surface area contributed by atoms with Gasteiger partial charge >= 0.3 is 6.03 Å². The van der Waals surface area contributed by atoms with Crippen LogP contribution in [0.4, 0.5) is 10.5 Å². The van der Waals surface area contributed by atoms with Crippen LogP contribution in [0.2, 0.25) is 0 Å². The molecule has 1 unspecified atom stereocenters. The van der Waals surface area contributed by atoms with E-state index in [1.54, 1.807) is 4.90 Å². The number of amides is 2. The first kappa shape index (κ1) is 14.6. The first-order valence-electron chi connectivity index (χ1n) is 7.69. The van der Waals surface area contributed by atoms with E-state index >= 15 is 0 Å². The van der Waals surface area contributed by atoms with E-state index in [1.807, 2.05) is 42.5 Å². The van der Waals surface area contributed by atoms with Gasteiger partial charge in [0.15, 0.2) is 0 Å². The second-order valence-corrected chi connectivity index (χ2v) is 5.72. The van der Waals surface area contributed by atoms with E-state index < -0.39 is 0 Å². The minimum atomic E-state index is -0.0670. The van der Waals surface area contributed by atoms with Crippen molar-refractivity contribution in [2.45, 2.75) is 18.9 Å². The van der Waals surface area contributed by atoms with E-state index in [-0.39, 0.29) is 12.1 Å². The van der Waals surface area contributed by atoms with Crippen molar-refractivity contribution >= 4 is 11.7 Å². The van der Waals surface area contributed by atoms with Crippen molar-refractivity contribution in [1.29, 1.82) is 0 Å². The summed E-state index contributed by atoms with van der Waals surface area (Å²) in [4.78, 5) is 14.0. The van der Waals surface area contributed by atoms with Gasteiger partial charge in [0.25, 0.3) is 0 Å². The largest absolute Gasteiger partial charge is 0.326 e. The Balaban J connectivity index is 1.65. The lowest BCUT2D eigenvalue weighted by Gasteiger charge is -2.30. The first-order chi connectivity index (χ1) is 10.7. The number of piperidine rings is 1. The molecule has 1 aliphatic rings. The fraction of sp³-hybridized carbons (Fsp3) is 0.278. The van der Waals surface area contributed by atoms with Crippen molar-refractivity contribution in [3.05, 3.63) is 54.6 Å². The van der Waals surface area contributed by atoms with Crippen molar-refractivity contribution in [2.75, 3.05) is 18.4 Å². The first-order valence-corrected chi connectivity index (χ1v) is 7.69. The maximum atomic E-state index is 12.2. The number of benzene rings is 2. The van der Waals surface area contributed by atoms with Gasteiger partial charge in [0, 0.05) is 24.8 Å². The predicted molar refractivity (Wildman–Crippen MR) is 89.7 cm³/mol. The highest BCUT2D eigenvalue weighted by atomic mass is 16.2. The van der Waals surface area contributed by atoms with Crippen LogP contribution in [0.15, 0.2) is 54.6 Å². The third-order valence-electron chi connectivity index (χ3n) is 3.99. The molecule has 0 aromatic heterocycles. The summed E-state index contributed by atoms with van der Waals surface area (Å²) in [5.41, 5.74) is 9.03. The number of nitrogens with zero attached hydrogens (tertiary/aromatic N) is 1. The number of carbonyl (C=O) groups excluding carboxylic acids is 1. The summed E-state index contributed by atoms with van der Waals surface area (Å²) in [5, 5.41) is 2.94. The van der Waals surface area contributed by atoms with E-state index in [4.69, 9.17) is 5.73 Å². The summed E-state index contributed by atoms with van der Waals surface area (Å²) in [6.45, 7) is 1.41. The smallest absolute Gasteiger partial charge is 0.321 e. The second-order valence-electron chi connectivity index (χ2n) is 5.72. The van der Waals surface area contributed by atoms with Gasteiger partial charge in [0.2, 0.25) is 0 Å². The van der Waals surface area contributed by atoms with E-state index in [2.05, 4.69) is 17.4 Å². The number of urea groups is 1. The molecule has 3 N–H and O–H groups in total. The van der Waals surface area contributed by atoms with Crippen molar-refractivity contribution in [3.63, 3.8) is 0 Å². The molecule has 0 radical (unpaired) electrons. The molecule has 2 aromatic rings. The van der Waals surface area contributed by atoms with Gasteiger partial charge < -0.3 is 16.0 Å². The van der Waals surface area contributed by atoms with Crippen LogP contribution in [0.25, 0.3) is 11.1 Å². The molecule has 0 aliphatic carbocycles. The monoisotopic (exact) mass is 295 g/mol. The van der Waals surface area contributed by atoms with Crippen molar-refractivity contribution in [2.24, 2.45) is 5.73 Å². The van der Waals surface area contributed by atoms with E-state index in [1.165, 1.54) is 5.56 Å². The molecule has 4 nitrogen and oxygen atoms in total. The number of carbonyl (C=O) groups is 1. The van der Waals surface area contributed by atoms with Gasteiger partial charge in [-0.3, -0.25) is 0 Å². The maximum absolute atomic E-state index is 12.2. The molecule has 114 valence electrons. The SMILES string of the molecule is NC1CCCN(C(=O)Nc2ccc(-c3ccccc3)cc2)C1. The normalized spacial score (nSPS) is 18.0. The number of nitrogens with one attached hydrogen (secondary N) is 1. The molecule has 1 fully saturated rings. The number of hydrogen-bond acceptors (Lipinski definition) is 2. The molecule has 1 saturated heterocycles. The Kier molecular flexibility index (Phi) is 4.39. The van der Waals surface area contributed by atoms with Gasteiger partial charge in [-0.05, 0) is 36.1 Å². The molecular formula is C18H21N3O. The average Bonchev–Trinajstić information content (AvgIpc) is 2.56. The van der Waals surface area contributed by atoms with Crippen LogP contribution in [0.5, 0.6) is 0 Å². The Labute approximate surface area is 130 Å². The van der Waals surface area contributed by atoms with Crippen LogP contribution in [0.3, 0.4) is 0 Å². The molecule has 4 heteroatoms. The van der Waals surface area contributed by atoms with Gasteiger partial charge in [-0.15, -0.1) is 0 Å². The lowest BCUT2D eigenvalue weighted by molar-refractivity contribution is 0.193. The number of nitrogens with two attached hydrogens (primary N) is 1. The zero-order chi connectivity index (χ0) is 15.4. The Morgan fingerprint density at radius 3 is 2.41 bits per heavy atom. The minimum absolute atomic E-state index is 0.0670. The standard InChI is InChI=1S/C18H21N3O/c19-16-7-4-12-21(13-16)18(22)20-17-10-8-15(9-11-17)14-5-2-1-3-6-14/h1-3,5-6,8-11,16H,4,7,12-13,19H2,(H,20,22). The summed E-state index contributed by atoms with van der Waals surface area (Å²) in [6.07, 6.45) is 1.97. The fourth-order valence-electron chi connectivity index (χ4n) is 2.77. The van der Waals surface area contributed by atoms with Crippen LogP contribution in [-0.2, 0) is 0 Å². The van der Waals surface area contributed by atoms with Crippen LogP contribution < -0.4 is 11.1 Å². The van der Waals surface area contributed by atoms with Gasteiger partial charge in [0.05, 0.1) is 0 Å². The van der Waals surface area contributed by atoms with E-state index in [0.717, 1.165) is 30.6 Å². The van der Waals surface area contributed by atoms with Crippen LogP contribution >= 0.6 is 0 Å². The molecule has 0 bridgehead atoms. The molecule has 2 aromatic carbocycles. The van der Waals surface area contributed by atoms with Crippen LogP contribution in [-0.4, -0.2) is 30.1 Å². The molecule has 0 saturated carbocycles. The lowest BCUT2D eigenvalue weighted by atomic mass is 10.1. The van der Waals surface area contributed by atoms with Gasteiger partial charge in [-0.2, -0.15) is 0 Å². The third-order valence-corrected chi connectivity index (χ3v) is 3.99. The molecule has 1 aliphatic heterocycles. The van der Waals surface area contributed by atoms with Crippen molar-refractivity contribution in [3.8, 4) is 11.1 Å². The molecular weight excluding hydrogens is 274 g/mol. The summed E-state index contributed by atoms with van der Waals surface area (Å²) < 4.78 is 0. The second kappa shape index (κ2) is 6.62. The number of anilines is 1. The maximum Gasteiger partial charge on any atom is 0.321 e. The number of likely N-dealkylation sites (tertiary alicyclic amines) is 1. The highest BCUT2D eigenvalue weighted by Crippen LogP contribution is 2.21. The summed E-state index contributed by atoms with van der Waals surface area (Å²) in [7, 11) is 0. The Morgan fingerprint density at radius 1 is 1.05 bits per heavy atom. The fourth-order valence-corrected chi connectivity index (χ4v) is 2.77. The van der Waals surface area contributed by atoms with Crippen molar-refractivity contribution in [1.82, 2.24) is 4.90 Å². The summed E-state index contributed by atoms with van der Waals surface area (Å²) in [5.74, 6) is 0. The highest BCUT2D eigenvalue weighted by Gasteiger charge is 2.21. The van der Waals surface area contributed by atoms with Gasteiger partial charge in [-0.1, -0.05) is 42.5 Å². The average molecular weight is 295 g/mol. The Hall–Kier alpha value is -2.33.